The molecule has 0 spiro atoms. The van der Waals surface area contributed by atoms with Crippen molar-refractivity contribution in [3.8, 4) is 5.75 Å². The van der Waals surface area contributed by atoms with E-state index in [9.17, 15) is 22.4 Å². The monoisotopic (exact) mass is 452 g/mol. The summed E-state index contributed by atoms with van der Waals surface area (Å²) in [5, 5.41) is 2.58. The molecule has 0 heterocycles. The third-order valence-electron chi connectivity index (χ3n) is 4.30. The maximum absolute atomic E-state index is 13.9. The van der Waals surface area contributed by atoms with Crippen LogP contribution in [0, 0.1) is 18.7 Å². The number of benzene rings is 2. The Bertz CT molecular complexity index is 1060. The van der Waals surface area contributed by atoms with Crippen molar-refractivity contribution in [3.05, 3.63) is 53.8 Å². The number of aryl methyl sites for hydroxylation is 1. The number of hydrogen-bond acceptors (Lipinski definition) is 6. The maximum Gasteiger partial charge on any atom is 0.324 e. The Morgan fingerprint density at radius 3 is 2.42 bits per heavy atom. The number of carbonyl (C=O) groups is 2. The van der Waals surface area contributed by atoms with Crippen LogP contribution < -0.4 is 14.8 Å². The largest absolute Gasteiger partial charge is 0.495 e. The number of sulfonamides is 1. The molecule has 2 aromatic rings. The van der Waals surface area contributed by atoms with Gasteiger partial charge in [-0.05, 0) is 42.7 Å². The average Bonchev–Trinajstić information content (AvgIpc) is 2.70. The molecule has 0 aromatic heterocycles. The molecular formula is C21H25FN2O6S. The molecule has 0 aliphatic carbocycles. The zero-order chi connectivity index (χ0) is 23.2. The van der Waals surface area contributed by atoms with Crippen LogP contribution in [0.4, 0.5) is 10.1 Å². The Kier molecular flexibility index (Phi) is 8.12. The molecule has 1 atom stereocenters. The Morgan fingerprint density at radius 1 is 1.13 bits per heavy atom. The van der Waals surface area contributed by atoms with Gasteiger partial charge in [0.05, 0.1) is 12.8 Å². The molecule has 0 saturated heterocycles. The van der Waals surface area contributed by atoms with Crippen molar-refractivity contribution in [2.45, 2.75) is 31.7 Å². The quantitative estimate of drug-likeness (QED) is 0.566. The molecule has 1 unspecified atom stereocenters. The first-order valence-electron chi connectivity index (χ1n) is 9.43. The Morgan fingerprint density at radius 2 is 1.81 bits per heavy atom. The minimum Gasteiger partial charge on any atom is -0.495 e. The van der Waals surface area contributed by atoms with Crippen molar-refractivity contribution >= 4 is 27.6 Å². The van der Waals surface area contributed by atoms with E-state index in [2.05, 4.69) is 10.0 Å². The number of methoxy groups -OCH3 is 1. The zero-order valence-electron chi connectivity index (χ0n) is 17.6. The van der Waals surface area contributed by atoms with Gasteiger partial charge in [-0.2, -0.15) is 4.72 Å². The Labute approximate surface area is 180 Å². The van der Waals surface area contributed by atoms with Crippen LogP contribution in [-0.4, -0.2) is 40.1 Å². The summed E-state index contributed by atoms with van der Waals surface area (Å²) in [5.74, 6) is -2.62. The summed E-state index contributed by atoms with van der Waals surface area (Å²) >= 11 is 0. The van der Waals surface area contributed by atoms with E-state index in [1.54, 1.807) is 26.0 Å². The summed E-state index contributed by atoms with van der Waals surface area (Å²) in [6, 6.07) is 8.68. The second-order valence-electron chi connectivity index (χ2n) is 7.13. The van der Waals surface area contributed by atoms with Gasteiger partial charge in [0.15, 0.2) is 6.61 Å². The predicted octanol–water partition coefficient (Wildman–Crippen LogP) is 2.63. The number of esters is 1. The molecule has 8 nitrogen and oxygen atoms in total. The molecule has 0 aliphatic rings. The SMILES string of the molecule is COc1ccc(C)cc1NC(=O)COC(=O)C(NS(=O)(=O)c1ccccc1F)C(C)C. The minimum atomic E-state index is -4.32. The van der Waals surface area contributed by atoms with Gasteiger partial charge in [-0.25, -0.2) is 12.8 Å². The van der Waals surface area contributed by atoms with Crippen molar-refractivity contribution < 1.29 is 31.9 Å². The number of amides is 1. The van der Waals surface area contributed by atoms with Crippen molar-refractivity contribution in [3.63, 3.8) is 0 Å². The van der Waals surface area contributed by atoms with Crippen LogP contribution in [0.3, 0.4) is 0 Å². The van der Waals surface area contributed by atoms with E-state index < -0.39 is 51.2 Å². The molecule has 0 radical (unpaired) electrons. The number of anilines is 1. The lowest BCUT2D eigenvalue weighted by molar-refractivity contribution is -0.150. The van der Waals surface area contributed by atoms with Crippen LogP contribution in [0.25, 0.3) is 0 Å². The second kappa shape index (κ2) is 10.4. The molecule has 1 amide bonds. The lowest BCUT2D eigenvalue weighted by atomic mass is 10.1. The van der Waals surface area contributed by atoms with Gasteiger partial charge < -0.3 is 14.8 Å². The van der Waals surface area contributed by atoms with Crippen LogP contribution in [0.1, 0.15) is 19.4 Å². The second-order valence-corrected chi connectivity index (χ2v) is 8.82. The third-order valence-corrected chi connectivity index (χ3v) is 5.78. The van der Waals surface area contributed by atoms with Gasteiger partial charge in [0.2, 0.25) is 10.0 Å². The molecular weight excluding hydrogens is 427 g/mol. The van der Waals surface area contributed by atoms with Crippen molar-refractivity contribution in [2.75, 3.05) is 19.0 Å². The number of hydrogen-bond donors (Lipinski definition) is 2. The summed E-state index contributed by atoms with van der Waals surface area (Å²) in [7, 11) is -2.87. The number of halogens is 1. The fourth-order valence-corrected chi connectivity index (χ4v) is 4.09. The van der Waals surface area contributed by atoms with Crippen molar-refractivity contribution in [2.24, 2.45) is 5.92 Å². The molecule has 0 fully saturated rings. The first kappa shape index (κ1) is 24.3. The van der Waals surface area contributed by atoms with Crippen LogP contribution in [0.2, 0.25) is 0 Å². The van der Waals surface area contributed by atoms with Gasteiger partial charge in [0, 0.05) is 0 Å². The van der Waals surface area contributed by atoms with E-state index in [4.69, 9.17) is 9.47 Å². The van der Waals surface area contributed by atoms with Crippen LogP contribution in [0.15, 0.2) is 47.4 Å². The molecule has 2 aromatic carbocycles. The van der Waals surface area contributed by atoms with Crippen LogP contribution in [0.5, 0.6) is 5.75 Å². The third kappa shape index (κ3) is 6.50. The summed E-state index contributed by atoms with van der Waals surface area (Å²) in [6.45, 7) is 4.38. The van der Waals surface area contributed by atoms with Gasteiger partial charge >= 0.3 is 5.97 Å². The molecule has 10 heteroatoms. The number of rotatable bonds is 9. The van der Waals surface area contributed by atoms with Gasteiger partial charge in [-0.15, -0.1) is 0 Å². The fourth-order valence-electron chi connectivity index (χ4n) is 2.68. The topological polar surface area (TPSA) is 111 Å². The predicted molar refractivity (Wildman–Crippen MR) is 113 cm³/mol. The lowest BCUT2D eigenvalue weighted by Gasteiger charge is -2.21. The van der Waals surface area contributed by atoms with E-state index in [0.29, 0.717) is 11.4 Å². The van der Waals surface area contributed by atoms with Crippen molar-refractivity contribution in [1.29, 1.82) is 0 Å². The Hall–Kier alpha value is -2.98. The molecule has 168 valence electrons. The number of carbonyl (C=O) groups excluding carboxylic acids is 2. The Balaban J connectivity index is 2.05. The number of ether oxygens (including phenoxy) is 2. The van der Waals surface area contributed by atoms with Crippen LogP contribution >= 0.6 is 0 Å². The van der Waals surface area contributed by atoms with E-state index in [0.717, 1.165) is 17.7 Å². The molecule has 0 aliphatic heterocycles. The summed E-state index contributed by atoms with van der Waals surface area (Å²) < 4.78 is 51.2. The molecule has 0 saturated carbocycles. The molecule has 2 N–H and O–H groups in total. The van der Waals surface area contributed by atoms with Gasteiger partial charge in [0.25, 0.3) is 5.91 Å². The smallest absolute Gasteiger partial charge is 0.324 e. The first-order valence-corrected chi connectivity index (χ1v) is 10.9. The lowest BCUT2D eigenvalue weighted by Crippen LogP contribution is -2.46. The van der Waals surface area contributed by atoms with Gasteiger partial charge in [-0.3, -0.25) is 9.59 Å². The van der Waals surface area contributed by atoms with E-state index >= 15 is 0 Å². The molecule has 2 rings (SSSR count). The highest BCUT2D eigenvalue weighted by molar-refractivity contribution is 7.89. The van der Waals surface area contributed by atoms with E-state index in [1.165, 1.54) is 19.2 Å². The zero-order valence-corrected chi connectivity index (χ0v) is 18.5. The molecule has 0 bridgehead atoms. The summed E-state index contributed by atoms with van der Waals surface area (Å²) in [6.07, 6.45) is 0. The minimum absolute atomic E-state index is 0.407. The van der Waals surface area contributed by atoms with Crippen LogP contribution in [-0.2, 0) is 24.3 Å². The fraction of sp³-hybridized carbons (Fsp3) is 0.333. The average molecular weight is 453 g/mol. The highest BCUT2D eigenvalue weighted by Crippen LogP contribution is 2.25. The van der Waals surface area contributed by atoms with E-state index in [-0.39, 0.29) is 0 Å². The normalized spacial score (nSPS) is 12.3. The molecule has 31 heavy (non-hydrogen) atoms. The standard InChI is InChI=1S/C21H25FN2O6S/c1-13(2)20(24-31(27,28)18-8-6-5-7-15(18)22)21(26)30-12-19(25)23-16-11-14(3)9-10-17(16)29-4/h5-11,13,20,24H,12H2,1-4H3,(H,23,25). The summed E-state index contributed by atoms with van der Waals surface area (Å²) in [4.78, 5) is 24.1. The van der Waals surface area contributed by atoms with Gasteiger partial charge in [0.1, 0.15) is 22.5 Å². The number of nitrogens with one attached hydrogen (secondary N) is 2. The first-order chi connectivity index (χ1) is 14.5. The summed E-state index contributed by atoms with van der Waals surface area (Å²) in [5.41, 5.74) is 1.29. The van der Waals surface area contributed by atoms with E-state index in [1.807, 2.05) is 13.0 Å². The van der Waals surface area contributed by atoms with Crippen molar-refractivity contribution in [1.82, 2.24) is 4.72 Å². The highest BCUT2D eigenvalue weighted by atomic mass is 32.2. The maximum atomic E-state index is 13.9. The highest BCUT2D eigenvalue weighted by Gasteiger charge is 2.31. The van der Waals surface area contributed by atoms with Gasteiger partial charge in [-0.1, -0.05) is 32.0 Å².